The number of rotatable bonds is 1. The molecule has 13 heavy (non-hydrogen) atoms. The Morgan fingerprint density at radius 3 is 3.00 bits per heavy atom. The third-order valence-corrected chi connectivity index (χ3v) is 3.68. The van der Waals surface area contributed by atoms with E-state index in [0.29, 0.717) is 5.75 Å². The maximum atomic E-state index is 9.66. The van der Waals surface area contributed by atoms with Gasteiger partial charge in [-0.3, -0.25) is 0 Å². The molecule has 2 rings (SSSR count). The number of thiophene rings is 1. The Morgan fingerprint density at radius 2 is 2.31 bits per heavy atom. The van der Waals surface area contributed by atoms with Gasteiger partial charge in [-0.2, -0.15) is 0 Å². The largest absolute Gasteiger partial charge is 0.506 e. The lowest BCUT2D eigenvalue weighted by Crippen LogP contribution is -1.84. The van der Waals surface area contributed by atoms with Gasteiger partial charge in [-0.15, -0.1) is 11.3 Å². The van der Waals surface area contributed by atoms with Crippen LogP contribution in [0.25, 0.3) is 10.1 Å². The van der Waals surface area contributed by atoms with Crippen molar-refractivity contribution >= 4 is 37.4 Å². The van der Waals surface area contributed by atoms with Crippen LogP contribution in [0, 0.1) is 6.92 Å². The van der Waals surface area contributed by atoms with Crippen molar-refractivity contribution in [1.29, 1.82) is 0 Å². The fraction of sp³-hybridized carbons (Fsp3) is 0.200. The average molecular weight is 257 g/mol. The Balaban J connectivity index is 2.88. The Morgan fingerprint density at radius 1 is 1.54 bits per heavy atom. The number of halogens is 1. The van der Waals surface area contributed by atoms with E-state index in [1.54, 1.807) is 11.3 Å². The summed E-state index contributed by atoms with van der Waals surface area (Å²) in [6.45, 7) is 2.02. The van der Waals surface area contributed by atoms with Crippen LogP contribution >= 0.6 is 27.3 Å². The van der Waals surface area contributed by atoms with Crippen LogP contribution in [-0.2, 0) is 5.33 Å². The maximum Gasteiger partial charge on any atom is 0.133 e. The van der Waals surface area contributed by atoms with Crippen LogP contribution in [0.2, 0.25) is 0 Å². The zero-order chi connectivity index (χ0) is 9.42. The summed E-state index contributed by atoms with van der Waals surface area (Å²) >= 11 is 5.04. The quantitative estimate of drug-likeness (QED) is 0.770. The highest BCUT2D eigenvalue weighted by molar-refractivity contribution is 9.08. The number of hydrogen-bond donors (Lipinski definition) is 1. The molecule has 1 aromatic carbocycles. The molecule has 0 aliphatic heterocycles. The molecule has 0 atom stereocenters. The summed E-state index contributed by atoms with van der Waals surface area (Å²) in [5.41, 5.74) is 2.41. The summed E-state index contributed by atoms with van der Waals surface area (Å²) in [5.74, 6) is 0.396. The summed E-state index contributed by atoms with van der Waals surface area (Å²) in [6.07, 6.45) is 0. The minimum atomic E-state index is 0.396. The van der Waals surface area contributed by atoms with E-state index in [9.17, 15) is 5.11 Å². The van der Waals surface area contributed by atoms with Crippen molar-refractivity contribution in [3.05, 3.63) is 28.6 Å². The van der Waals surface area contributed by atoms with E-state index < -0.39 is 0 Å². The average Bonchev–Trinajstić information content (AvgIpc) is 2.53. The normalized spacial score (nSPS) is 10.9. The molecule has 0 saturated carbocycles. The monoisotopic (exact) mass is 256 g/mol. The number of phenolic OH excluding ortho intramolecular Hbond substituents is 1. The van der Waals surface area contributed by atoms with Crippen molar-refractivity contribution in [3.63, 3.8) is 0 Å². The van der Waals surface area contributed by atoms with Crippen molar-refractivity contribution in [1.82, 2.24) is 0 Å². The minimum absolute atomic E-state index is 0.396. The number of aromatic hydroxyl groups is 1. The molecule has 0 spiro atoms. The van der Waals surface area contributed by atoms with Crippen LogP contribution in [0.4, 0.5) is 0 Å². The Hall–Kier alpha value is -0.540. The van der Waals surface area contributed by atoms with Crippen molar-refractivity contribution in [2.24, 2.45) is 0 Å². The lowest BCUT2D eigenvalue weighted by molar-refractivity contribution is 0.482. The SMILES string of the molecule is Cc1cc(O)c2sccc2c1CBr. The Bertz CT molecular complexity index is 447. The molecule has 0 amide bonds. The summed E-state index contributed by atoms with van der Waals surface area (Å²) in [4.78, 5) is 0. The summed E-state index contributed by atoms with van der Waals surface area (Å²) < 4.78 is 0.986. The standard InChI is InChI=1S/C10H9BrOS/c1-6-4-9(12)10-7(2-3-13-10)8(6)5-11/h2-4,12H,5H2,1H3. The highest BCUT2D eigenvalue weighted by atomic mass is 79.9. The van der Waals surface area contributed by atoms with Crippen molar-refractivity contribution < 1.29 is 5.11 Å². The number of aryl methyl sites for hydroxylation is 1. The topological polar surface area (TPSA) is 20.2 Å². The smallest absolute Gasteiger partial charge is 0.133 e. The zero-order valence-electron chi connectivity index (χ0n) is 7.17. The van der Waals surface area contributed by atoms with Crippen LogP contribution in [0.1, 0.15) is 11.1 Å². The van der Waals surface area contributed by atoms with E-state index in [1.807, 2.05) is 18.4 Å². The predicted molar refractivity (Wildman–Crippen MR) is 60.9 cm³/mol. The minimum Gasteiger partial charge on any atom is -0.506 e. The van der Waals surface area contributed by atoms with Gasteiger partial charge in [0.05, 0.1) is 4.70 Å². The second-order valence-corrected chi connectivity index (χ2v) is 4.47. The zero-order valence-corrected chi connectivity index (χ0v) is 9.58. The fourth-order valence-electron chi connectivity index (χ4n) is 1.49. The molecule has 0 radical (unpaired) electrons. The summed E-state index contributed by atoms with van der Waals surface area (Å²) in [5, 5.41) is 13.7. The molecular formula is C10H9BrOS. The number of alkyl halides is 1. The van der Waals surface area contributed by atoms with Gasteiger partial charge in [-0.1, -0.05) is 15.9 Å². The Labute approximate surface area is 89.1 Å². The van der Waals surface area contributed by atoms with E-state index in [4.69, 9.17) is 0 Å². The predicted octanol–water partition coefficient (Wildman–Crippen LogP) is 3.81. The van der Waals surface area contributed by atoms with Crippen LogP contribution in [0.15, 0.2) is 17.5 Å². The van der Waals surface area contributed by atoms with Crippen molar-refractivity contribution in [2.75, 3.05) is 0 Å². The molecule has 0 aliphatic rings. The van der Waals surface area contributed by atoms with Crippen LogP contribution in [-0.4, -0.2) is 5.11 Å². The Kier molecular flexibility index (Phi) is 2.30. The molecule has 2 aromatic rings. The van der Waals surface area contributed by atoms with Gasteiger partial charge in [-0.05, 0) is 35.6 Å². The molecular weight excluding hydrogens is 248 g/mol. The lowest BCUT2D eigenvalue weighted by Gasteiger charge is -2.05. The van der Waals surface area contributed by atoms with Gasteiger partial charge in [0.2, 0.25) is 0 Å². The van der Waals surface area contributed by atoms with Crippen LogP contribution < -0.4 is 0 Å². The fourth-order valence-corrected chi connectivity index (χ4v) is 3.08. The number of hydrogen-bond acceptors (Lipinski definition) is 2. The van der Waals surface area contributed by atoms with E-state index in [-0.39, 0.29) is 0 Å². The molecule has 0 saturated heterocycles. The van der Waals surface area contributed by atoms with Crippen LogP contribution in [0.5, 0.6) is 5.75 Å². The molecule has 1 N–H and O–H groups in total. The van der Waals surface area contributed by atoms with Gasteiger partial charge in [0.15, 0.2) is 0 Å². The van der Waals surface area contributed by atoms with Crippen molar-refractivity contribution in [2.45, 2.75) is 12.3 Å². The number of fused-ring (bicyclic) bond motifs is 1. The third kappa shape index (κ3) is 1.36. The molecule has 1 aromatic heterocycles. The third-order valence-electron chi connectivity index (χ3n) is 2.19. The molecule has 0 fully saturated rings. The molecule has 68 valence electrons. The summed E-state index contributed by atoms with van der Waals surface area (Å²) in [6, 6.07) is 3.89. The molecule has 0 aliphatic carbocycles. The number of phenols is 1. The van der Waals surface area contributed by atoms with Crippen LogP contribution in [0.3, 0.4) is 0 Å². The first-order valence-corrected chi connectivity index (χ1v) is 5.98. The first kappa shape index (κ1) is 9.03. The molecule has 1 heterocycles. The summed E-state index contributed by atoms with van der Waals surface area (Å²) in [7, 11) is 0. The highest BCUT2D eigenvalue weighted by Crippen LogP contribution is 2.35. The van der Waals surface area contributed by atoms with Crippen molar-refractivity contribution in [3.8, 4) is 5.75 Å². The highest BCUT2D eigenvalue weighted by Gasteiger charge is 2.08. The van der Waals surface area contributed by atoms with Gasteiger partial charge in [0, 0.05) is 10.7 Å². The lowest BCUT2D eigenvalue weighted by atomic mass is 10.1. The first-order valence-electron chi connectivity index (χ1n) is 3.98. The molecule has 0 bridgehead atoms. The van der Waals surface area contributed by atoms with E-state index >= 15 is 0 Å². The van der Waals surface area contributed by atoms with Gasteiger partial charge in [-0.25, -0.2) is 0 Å². The van der Waals surface area contributed by atoms with E-state index in [2.05, 4.69) is 22.0 Å². The molecule has 1 nitrogen and oxygen atoms in total. The second kappa shape index (κ2) is 3.31. The van der Waals surface area contributed by atoms with Gasteiger partial charge in [0.1, 0.15) is 5.75 Å². The second-order valence-electron chi connectivity index (χ2n) is 2.99. The van der Waals surface area contributed by atoms with Gasteiger partial charge >= 0.3 is 0 Å². The number of benzene rings is 1. The molecule has 3 heteroatoms. The van der Waals surface area contributed by atoms with E-state index in [1.165, 1.54) is 10.9 Å². The van der Waals surface area contributed by atoms with E-state index in [0.717, 1.165) is 15.6 Å². The van der Waals surface area contributed by atoms with Gasteiger partial charge < -0.3 is 5.11 Å². The molecule has 0 unspecified atom stereocenters. The first-order chi connectivity index (χ1) is 6.24. The maximum absolute atomic E-state index is 9.66. The van der Waals surface area contributed by atoms with Gasteiger partial charge in [0.25, 0.3) is 0 Å².